The van der Waals surface area contributed by atoms with Crippen LogP contribution in [0.1, 0.15) is 28.8 Å². The summed E-state index contributed by atoms with van der Waals surface area (Å²) in [5.41, 5.74) is 1.90. The highest BCUT2D eigenvalue weighted by Crippen LogP contribution is 2.30. The van der Waals surface area contributed by atoms with Gasteiger partial charge in [0.25, 0.3) is 5.91 Å². The zero-order valence-electron chi connectivity index (χ0n) is 10.3. The van der Waals surface area contributed by atoms with Crippen molar-refractivity contribution in [2.45, 2.75) is 25.4 Å². The smallest absolute Gasteiger partial charge is 0.254 e. The van der Waals surface area contributed by atoms with Gasteiger partial charge in [-0.1, -0.05) is 0 Å². The first-order valence-corrected chi connectivity index (χ1v) is 7.91. The number of hydrogen-bond acceptors (Lipinski definition) is 3. The Morgan fingerprint density at radius 2 is 2.32 bits per heavy atom. The van der Waals surface area contributed by atoms with Crippen molar-refractivity contribution in [2.75, 3.05) is 0 Å². The van der Waals surface area contributed by atoms with Crippen LogP contribution < -0.4 is 0 Å². The topological polar surface area (TPSA) is 33.2 Å². The molecule has 0 N–H and O–H groups in total. The van der Waals surface area contributed by atoms with E-state index in [0.717, 1.165) is 12.8 Å². The minimum absolute atomic E-state index is 0.0943. The standard InChI is InChI=1S/C14H13BrN2OS/c15-13-7-11(3-5-16-13)14(18)17(12-1-2-12)8-10-4-6-19-9-10/h3-7,9,12H,1-2,8H2. The van der Waals surface area contributed by atoms with Crippen LogP contribution in [0.15, 0.2) is 39.8 Å². The Balaban J connectivity index is 1.82. The minimum atomic E-state index is 0.0943. The number of nitrogens with zero attached hydrogens (tertiary/aromatic N) is 2. The van der Waals surface area contributed by atoms with E-state index in [4.69, 9.17) is 0 Å². The lowest BCUT2D eigenvalue weighted by Crippen LogP contribution is -2.32. The maximum absolute atomic E-state index is 12.6. The van der Waals surface area contributed by atoms with Crippen molar-refractivity contribution in [3.05, 3.63) is 50.9 Å². The molecule has 0 aromatic carbocycles. The van der Waals surface area contributed by atoms with E-state index in [-0.39, 0.29) is 5.91 Å². The van der Waals surface area contributed by atoms with Gasteiger partial charge in [-0.3, -0.25) is 4.79 Å². The highest BCUT2D eigenvalue weighted by atomic mass is 79.9. The lowest BCUT2D eigenvalue weighted by molar-refractivity contribution is 0.0730. The molecule has 0 atom stereocenters. The lowest BCUT2D eigenvalue weighted by atomic mass is 10.2. The van der Waals surface area contributed by atoms with Crippen LogP contribution in [-0.4, -0.2) is 21.8 Å². The molecule has 1 fully saturated rings. The van der Waals surface area contributed by atoms with E-state index < -0.39 is 0 Å². The van der Waals surface area contributed by atoms with Gasteiger partial charge in [-0.05, 0) is 63.3 Å². The Labute approximate surface area is 124 Å². The molecule has 1 aliphatic rings. The number of carbonyl (C=O) groups excluding carboxylic acids is 1. The van der Waals surface area contributed by atoms with E-state index in [9.17, 15) is 4.79 Å². The van der Waals surface area contributed by atoms with Crippen LogP contribution in [0.25, 0.3) is 0 Å². The predicted octanol–water partition coefficient (Wildman–Crippen LogP) is 3.71. The fraction of sp³-hybridized carbons (Fsp3) is 0.286. The Bertz CT molecular complexity index is 581. The fourth-order valence-electron chi connectivity index (χ4n) is 2.03. The number of thiophene rings is 1. The quantitative estimate of drug-likeness (QED) is 0.797. The molecule has 0 aliphatic heterocycles. The number of rotatable bonds is 4. The number of aromatic nitrogens is 1. The monoisotopic (exact) mass is 336 g/mol. The molecule has 0 unspecified atom stereocenters. The largest absolute Gasteiger partial charge is 0.331 e. The van der Waals surface area contributed by atoms with Crippen molar-refractivity contribution in [1.82, 2.24) is 9.88 Å². The second kappa shape index (κ2) is 5.43. The van der Waals surface area contributed by atoms with Crippen molar-refractivity contribution in [3.63, 3.8) is 0 Å². The second-order valence-electron chi connectivity index (χ2n) is 4.66. The van der Waals surface area contributed by atoms with Gasteiger partial charge in [-0.2, -0.15) is 11.3 Å². The Kier molecular flexibility index (Phi) is 3.66. The first kappa shape index (κ1) is 12.8. The molecule has 19 heavy (non-hydrogen) atoms. The van der Waals surface area contributed by atoms with Gasteiger partial charge in [-0.15, -0.1) is 0 Å². The third-order valence-corrected chi connectivity index (χ3v) is 4.32. The van der Waals surface area contributed by atoms with Gasteiger partial charge >= 0.3 is 0 Å². The lowest BCUT2D eigenvalue weighted by Gasteiger charge is -2.22. The Hall–Kier alpha value is -1.20. The summed E-state index contributed by atoms with van der Waals surface area (Å²) >= 11 is 4.98. The molecular formula is C14H13BrN2OS. The zero-order valence-corrected chi connectivity index (χ0v) is 12.7. The maximum Gasteiger partial charge on any atom is 0.254 e. The van der Waals surface area contributed by atoms with E-state index in [1.165, 1.54) is 5.56 Å². The minimum Gasteiger partial charge on any atom is -0.331 e. The van der Waals surface area contributed by atoms with Crippen molar-refractivity contribution < 1.29 is 4.79 Å². The molecule has 0 bridgehead atoms. The molecule has 1 saturated carbocycles. The molecule has 5 heteroatoms. The summed E-state index contributed by atoms with van der Waals surface area (Å²) in [7, 11) is 0. The summed E-state index contributed by atoms with van der Waals surface area (Å²) in [6, 6.07) is 6.04. The van der Waals surface area contributed by atoms with Gasteiger partial charge in [-0.25, -0.2) is 4.98 Å². The van der Waals surface area contributed by atoms with Crippen molar-refractivity contribution >= 4 is 33.2 Å². The van der Waals surface area contributed by atoms with Crippen LogP contribution in [0, 0.1) is 0 Å². The van der Waals surface area contributed by atoms with Gasteiger partial charge in [0, 0.05) is 24.3 Å². The molecule has 3 nitrogen and oxygen atoms in total. The third-order valence-electron chi connectivity index (χ3n) is 3.16. The van der Waals surface area contributed by atoms with Crippen LogP contribution in [-0.2, 0) is 6.54 Å². The first-order chi connectivity index (χ1) is 9.24. The normalized spacial score (nSPS) is 14.4. The van der Waals surface area contributed by atoms with Crippen molar-refractivity contribution in [2.24, 2.45) is 0 Å². The molecule has 0 saturated heterocycles. The summed E-state index contributed by atoms with van der Waals surface area (Å²) in [6.07, 6.45) is 3.89. The van der Waals surface area contributed by atoms with Gasteiger partial charge in [0.05, 0.1) is 0 Å². The van der Waals surface area contributed by atoms with E-state index in [1.54, 1.807) is 29.7 Å². The molecule has 3 rings (SSSR count). The molecule has 2 aromatic rings. The SMILES string of the molecule is O=C(c1ccnc(Br)c1)N(Cc1ccsc1)C1CC1. The summed E-state index contributed by atoms with van der Waals surface area (Å²) in [6.45, 7) is 0.701. The van der Waals surface area contributed by atoms with Crippen LogP contribution in [0.5, 0.6) is 0 Å². The third kappa shape index (κ3) is 3.04. The first-order valence-electron chi connectivity index (χ1n) is 6.17. The molecule has 98 valence electrons. The Morgan fingerprint density at radius 3 is 2.95 bits per heavy atom. The molecule has 1 aliphatic carbocycles. The molecular weight excluding hydrogens is 324 g/mol. The van der Waals surface area contributed by atoms with E-state index >= 15 is 0 Å². The fourth-order valence-corrected chi connectivity index (χ4v) is 3.06. The highest BCUT2D eigenvalue weighted by Gasteiger charge is 2.33. The van der Waals surface area contributed by atoms with Gasteiger partial charge in [0.15, 0.2) is 0 Å². The molecule has 2 heterocycles. The predicted molar refractivity (Wildman–Crippen MR) is 79.2 cm³/mol. The number of halogens is 1. The van der Waals surface area contributed by atoms with Gasteiger partial charge in [0.2, 0.25) is 0 Å². The van der Waals surface area contributed by atoms with E-state index in [2.05, 4.69) is 32.4 Å². The van der Waals surface area contributed by atoms with E-state index in [0.29, 0.717) is 22.8 Å². The van der Waals surface area contributed by atoms with Crippen LogP contribution in [0.3, 0.4) is 0 Å². The Morgan fingerprint density at radius 1 is 1.47 bits per heavy atom. The van der Waals surface area contributed by atoms with Crippen molar-refractivity contribution in [3.8, 4) is 0 Å². The van der Waals surface area contributed by atoms with Crippen LogP contribution in [0.2, 0.25) is 0 Å². The number of carbonyl (C=O) groups is 1. The summed E-state index contributed by atoms with van der Waals surface area (Å²) in [5, 5.41) is 4.15. The molecule has 0 spiro atoms. The van der Waals surface area contributed by atoms with Gasteiger partial charge in [0.1, 0.15) is 4.60 Å². The molecule has 1 amide bonds. The van der Waals surface area contributed by atoms with Gasteiger partial charge < -0.3 is 4.90 Å². The summed E-state index contributed by atoms with van der Waals surface area (Å²) in [4.78, 5) is 18.6. The number of hydrogen-bond donors (Lipinski definition) is 0. The maximum atomic E-state index is 12.6. The molecule has 0 radical (unpaired) electrons. The molecule has 2 aromatic heterocycles. The number of amides is 1. The van der Waals surface area contributed by atoms with E-state index in [1.807, 2.05) is 10.3 Å². The zero-order chi connectivity index (χ0) is 13.2. The average Bonchev–Trinajstić information content (AvgIpc) is 3.12. The van der Waals surface area contributed by atoms with Crippen molar-refractivity contribution in [1.29, 1.82) is 0 Å². The highest BCUT2D eigenvalue weighted by molar-refractivity contribution is 9.10. The summed E-state index contributed by atoms with van der Waals surface area (Å²) in [5.74, 6) is 0.0943. The average molecular weight is 337 g/mol. The van der Waals surface area contributed by atoms with Crippen LogP contribution in [0.4, 0.5) is 0 Å². The van der Waals surface area contributed by atoms with Crippen LogP contribution >= 0.6 is 27.3 Å². The second-order valence-corrected chi connectivity index (χ2v) is 6.26. The number of pyridine rings is 1. The summed E-state index contributed by atoms with van der Waals surface area (Å²) < 4.78 is 0.699.